The number of nitrogens with zero attached hydrogens (tertiary/aromatic N) is 1. The Bertz CT molecular complexity index is 612. The molecule has 0 aliphatic heterocycles. The van der Waals surface area contributed by atoms with Gasteiger partial charge in [-0.15, -0.1) is 11.3 Å². The number of nitrogens with one attached hydrogen (secondary N) is 1. The summed E-state index contributed by atoms with van der Waals surface area (Å²) in [6, 6.07) is 6.92. The predicted molar refractivity (Wildman–Crippen MR) is 84.8 cm³/mol. The van der Waals surface area contributed by atoms with E-state index in [0.717, 1.165) is 17.1 Å². The normalized spacial score (nSPS) is 11.6. The molecule has 0 aliphatic carbocycles. The SMILES string of the molecule is CC(C)(C)c1cnc(CNCc2ccc(C(=O)O)cc2)s1. The second kappa shape index (κ2) is 6.37. The zero-order chi connectivity index (χ0) is 15.5. The highest BCUT2D eigenvalue weighted by Crippen LogP contribution is 2.27. The molecule has 1 aromatic heterocycles. The maximum Gasteiger partial charge on any atom is 0.335 e. The van der Waals surface area contributed by atoms with Gasteiger partial charge in [-0.2, -0.15) is 0 Å². The van der Waals surface area contributed by atoms with E-state index in [4.69, 9.17) is 5.11 Å². The highest BCUT2D eigenvalue weighted by atomic mass is 32.1. The molecule has 0 saturated carbocycles. The van der Waals surface area contributed by atoms with Gasteiger partial charge in [0.15, 0.2) is 0 Å². The molecule has 0 bridgehead atoms. The van der Waals surface area contributed by atoms with Gasteiger partial charge in [0.05, 0.1) is 5.56 Å². The Morgan fingerprint density at radius 1 is 1.24 bits per heavy atom. The number of rotatable bonds is 5. The number of carbonyl (C=O) groups is 1. The Balaban J connectivity index is 1.86. The van der Waals surface area contributed by atoms with Crippen LogP contribution >= 0.6 is 11.3 Å². The lowest BCUT2D eigenvalue weighted by atomic mass is 9.96. The van der Waals surface area contributed by atoms with Crippen LogP contribution < -0.4 is 5.32 Å². The standard InChI is InChI=1S/C16H20N2O2S/c1-16(2,3)13-9-18-14(21-13)10-17-8-11-4-6-12(7-5-11)15(19)20/h4-7,9,17H,8,10H2,1-3H3,(H,19,20). The Morgan fingerprint density at radius 2 is 1.90 bits per heavy atom. The average Bonchev–Trinajstić information content (AvgIpc) is 2.88. The van der Waals surface area contributed by atoms with Crippen LogP contribution in [0.2, 0.25) is 0 Å². The lowest BCUT2D eigenvalue weighted by Gasteiger charge is -2.14. The van der Waals surface area contributed by atoms with Crippen LogP contribution in [0.4, 0.5) is 0 Å². The van der Waals surface area contributed by atoms with E-state index < -0.39 is 5.97 Å². The smallest absolute Gasteiger partial charge is 0.335 e. The van der Waals surface area contributed by atoms with Crippen LogP contribution in [-0.2, 0) is 18.5 Å². The van der Waals surface area contributed by atoms with E-state index >= 15 is 0 Å². The van der Waals surface area contributed by atoms with Gasteiger partial charge in [0.1, 0.15) is 5.01 Å². The van der Waals surface area contributed by atoms with Crippen molar-refractivity contribution in [2.45, 2.75) is 39.3 Å². The maximum atomic E-state index is 10.8. The van der Waals surface area contributed by atoms with E-state index in [2.05, 4.69) is 31.1 Å². The number of hydrogen-bond donors (Lipinski definition) is 2. The molecule has 0 fully saturated rings. The number of aromatic nitrogens is 1. The molecular weight excluding hydrogens is 284 g/mol. The Kier molecular flexibility index (Phi) is 4.75. The second-order valence-corrected chi connectivity index (χ2v) is 7.09. The Labute approximate surface area is 128 Å². The lowest BCUT2D eigenvalue weighted by Crippen LogP contribution is -2.12. The van der Waals surface area contributed by atoms with E-state index in [9.17, 15) is 4.79 Å². The number of carboxylic acids is 1. The summed E-state index contributed by atoms with van der Waals surface area (Å²) in [5.41, 5.74) is 1.52. The molecule has 5 heteroatoms. The highest BCUT2D eigenvalue weighted by molar-refractivity contribution is 7.11. The third-order valence-corrected chi connectivity index (χ3v) is 4.52. The van der Waals surface area contributed by atoms with Gasteiger partial charge in [-0.1, -0.05) is 32.9 Å². The molecule has 2 rings (SSSR count). The summed E-state index contributed by atoms with van der Waals surface area (Å²) < 4.78 is 0. The molecule has 1 heterocycles. The van der Waals surface area contributed by atoms with Crippen LogP contribution in [-0.4, -0.2) is 16.1 Å². The van der Waals surface area contributed by atoms with E-state index in [1.165, 1.54) is 4.88 Å². The van der Waals surface area contributed by atoms with Crippen molar-refractivity contribution in [3.05, 3.63) is 51.5 Å². The monoisotopic (exact) mass is 304 g/mol. The average molecular weight is 304 g/mol. The molecule has 0 saturated heterocycles. The summed E-state index contributed by atoms with van der Waals surface area (Å²) in [6.45, 7) is 7.97. The molecule has 2 N–H and O–H groups in total. The predicted octanol–water partition coefficient (Wildman–Crippen LogP) is 3.43. The van der Waals surface area contributed by atoms with Crippen LogP contribution in [0.3, 0.4) is 0 Å². The van der Waals surface area contributed by atoms with Crippen molar-refractivity contribution in [2.75, 3.05) is 0 Å². The number of hydrogen-bond acceptors (Lipinski definition) is 4. The molecule has 4 nitrogen and oxygen atoms in total. The molecule has 0 aliphatic rings. The lowest BCUT2D eigenvalue weighted by molar-refractivity contribution is 0.0697. The van der Waals surface area contributed by atoms with Crippen LogP contribution in [0.15, 0.2) is 30.5 Å². The van der Waals surface area contributed by atoms with Gasteiger partial charge in [-0.25, -0.2) is 9.78 Å². The van der Waals surface area contributed by atoms with Gasteiger partial charge in [0.2, 0.25) is 0 Å². The fourth-order valence-electron chi connectivity index (χ4n) is 1.82. The first kappa shape index (κ1) is 15.7. The molecule has 0 atom stereocenters. The molecular formula is C16H20N2O2S. The maximum absolute atomic E-state index is 10.8. The van der Waals surface area contributed by atoms with Crippen molar-refractivity contribution in [3.63, 3.8) is 0 Å². The van der Waals surface area contributed by atoms with Gasteiger partial charge in [0.25, 0.3) is 0 Å². The van der Waals surface area contributed by atoms with Crippen LogP contribution in [0.25, 0.3) is 0 Å². The molecule has 0 unspecified atom stereocenters. The van der Waals surface area contributed by atoms with Crippen molar-refractivity contribution in [2.24, 2.45) is 0 Å². The second-order valence-electron chi connectivity index (χ2n) is 5.97. The molecule has 1 aromatic carbocycles. The summed E-state index contributed by atoms with van der Waals surface area (Å²) in [4.78, 5) is 16.5. The first-order valence-electron chi connectivity index (χ1n) is 6.84. The molecule has 21 heavy (non-hydrogen) atoms. The van der Waals surface area contributed by atoms with E-state index in [-0.39, 0.29) is 5.41 Å². The summed E-state index contributed by atoms with van der Waals surface area (Å²) >= 11 is 1.73. The molecule has 112 valence electrons. The van der Waals surface area contributed by atoms with Gasteiger partial charge in [-0.05, 0) is 23.1 Å². The Morgan fingerprint density at radius 3 is 2.43 bits per heavy atom. The van der Waals surface area contributed by atoms with Crippen molar-refractivity contribution in [3.8, 4) is 0 Å². The van der Waals surface area contributed by atoms with Gasteiger partial charge < -0.3 is 10.4 Å². The minimum atomic E-state index is -0.896. The van der Waals surface area contributed by atoms with Crippen molar-refractivity contribution in [1.82, 2.24) is 10.3 Å². The van der Waals surface area contributed by atoms with Crippen LogP contribution in [0.1, 0.15) is 46.6 Å². The number of thiazole rings is 1. The summed E-state index contributed by atoms with van der Waals surface area (Å²) in [5, 5.41) is 13.2. The van der Waals surface area contributed by atoms with Crippen molar-refractivity contribution < 1.29 is 9.90 Å². The molecule has 2 aromatic rings. The van der Waals surface area contributed by atoms with Crippen LogP contribution in [0, 0.1) is 0 Å². The zero-order valence-electron chi connectivity index (χ0n) is 12.5. The first-order chi connectivity index (χ1) is 9.86. The minimum absolute atomic E-state index is 0.141. The van der Waals surface area contributed by atoms with Gasteiger partial charge >= 0.3 is 5.97 Å². The summed E-state index contributed by atoms with van der Waals surface area (Å²) in [6.07, 6.45) is 1.95. The summed E-state index contributed by atoms with van der Waals surface area (Å²) in [5.74, 6) is -0.896. The Hall–Kier alpha value is -1.72. The third kappa shape index (κ3) is 4.37. The fraction of sp³-hybridized carbons (Fsp3) is 0.375. The van der Waals surface area contributed by atoms with Gasteiger partial charge in [0, 0.05) is 24.2 Å². The third-order valence-electron chi connectivity index (χ3n) is 3.10. The number of aromatic carboxylic acids is 1. The van der Waals surface area contributed by atoms with E-state index in [1.54, 1.807) is 23.5 Å². The first-order valence-corrected chi connectivity index (χ1v) is 7.66. The number of carboxylic acid groups (broad SMARTS) is 1. The zero-order valence-corrected chi connectivity index (χ0v) is 13.3. The fourth-order valence-corrected chi connectivity index (χ4v) is 2.76. The summed E-state index contributed by atoms with van der Waals surface area (Å²) in [7, 11) is 0. The van der Waals surface area contributed by atoms with Crippen LogP contribution in [0.5, 0.6) is 0 Å². The van der Waals surface area contributed by atoms with Crippen molar-refractivity contribution in [1.29, 1.82) is 0 Å². The molecule has 0 amide bonds. The van der Waals surface area contributed by atoms with E-state index in [0.29, 0.717) is 12.1 Å². The quantitative estimate of drug-likeness (QED) is 0.888. The highest BCUT2D eigenvalue weighted by Gasteiger charge is 2.16. The topological polar surface area (TPSA) is 62.2 Å². The van der Waals surface area contributed by atoms with Gasteiger partial charge in [-0.3, -0.25) is 0 Å². The van der Waals surface area contributed by atoms with Crippen molar-refractivity contribution >= 4 is 17.3 Å². The largest absolute Gasteiger partial charge is 0.478 e. The number of benzene rings is 1. The molecule has 0 spiro atoms. The van der Waals surface area contributed by atoms with E-state index in [1.807, 2.05) is 18.3 Å². The molecule has 0 radical (unpaired) electrons. The minimum Gasteiger partial charge on any atom is -0.478 e.